The molecule has 0 radical (unpaired) electrons. The van der Waals surface area contributed by atoms with Crippen LogP contribution in [0.15, 0.2) is 30.3 Å². The summed E-state index contributed by atoms with van der Waals surface area (Å²) >= 11 is 0. The summed E-state index contributed by atoms with van der Waals surface area (Å²) < 4.78 is 1.86. The zero-order valence-corrected chi connectivity index (χ0v) is 12.1. The highest BCUT2D eigenvalue weighted by Crippen LogP contribution is 2.17. The van der Waals surface area contributed by atoms with Crippen LogP contribution in [0.5, 0.6) is 0 Å². The lowest BCUT2D eigenvalue weighted by molar-refractivity contribution is -0.119. The zero-order chi connectivity index (χ0) is 14.7. The molecule has 3 N–H and O–H groups in total. The summed E-state index contributed by atoms with van der Waals surface area (Å²) in [6, 6.07) is 9.63. The van der Waals surface area contributed by atoms with E-state index in [0.29, 0.717) is 6.54 Å². The molecule has 0 fully saturated rings. The van der Waals surface area contributed by atoms with Crippen molar-refractivity contribution in [2.75, 3.05) is 11.9 Å². The normalized spacial score (nSPS) is 12.2. The molecule has 0 aliphatic carbocycles. The Morgan fingerprint density at radius 2 is 2.15 bits per heavy atom. The average Bonchev–Trinajstić information content (AvgIpc) is 2.77. The highest BCUT2D eigenvalue weighted by molar-refractivity contribution is 5.92. The number of carbonyl (C=O) groups excluding carboxylic acids is 1. The predicted molar refractivity (Wildman–Crippen MR) is 79.9 cm³/mol. The summed E-state index contributed by atoms with van der Waals surface area (Å²) in [7, 11) is 0. The molecule has 5 heteroatoms. The Morgan fingerprint density at radius 3 is 2.75 bits per heavy atom. The van der Waals surface area contributed by atoms with E-state index in [1.54, 1.807) is 6.92 Å². The molecular formula is C15H20N4O. The fourth-order valence-electron chi connectivity index (χ4n) is 1.98. The van der Waals surface area contributed by atoms with Gasteiger partial charge in [-0.25, -0.2) is 4.68 Å². The first-order valence-corrected chi connectivity index (χ1v) is 6.66. The number of aryl methyl sites for hydroxylation is 2. The molecule has 2 rings (SSSR count). The lowest BCUT2D eigenvalue weighted by Gasteiger charge is -2.11. The Kier molecular flexibility index (Phi) is 4.20. The van der Waals surface area contributed by atoms with E-state index < -0.39 is 0 Å². The van der Waals surface area contributed by atoms with Crippen LogP contribution in [0.1, 0.15) is 18.3 Å². The number of benzene rings is 1. The maximum Gasteiger partial charge on any atom is 0.228 e. The van der Waals surface area contributed by atoms with Crippen LogP contribution < -0.4 is 11.1 Å². The zero-order valence-electron chi connectivity index (χ0n) is 12.1. The number of nitrogens with one attached hydrogen (secondary N) is 1. The number of carbonyl (C=O) groups is 1. The van der Waals surface area contributed by atoms with Gasteiger partial charge in [0.2, 0.25) is 5.91 Å². The fourth-order valence-corrected chi connectivity index (χ4v) is 1.98. The van der Waals surface area contributed by atoms with Gasteiger partial charge in [0.1, 0.15) is 0 Å². The molecule has 106 valence electrons. The third kappa shape index (κ3) is 3.05. The molecule has 1 aromatic heterocycles. The van der Waals surface area contributed by atoms with Crippen LogP contribution in [-0.4, -0.2) is 22.2 Å². The van der Waals surface area contributed by atoms with Crippen LogP contribution in [0.2, 0.25) is 0 Å². The second-order valence-corrected chi connectivity index (χ2v) is 5.02. The minimum absolute atomic E-state index is 0.0713. The minimum atomic E-state index is -0.202. The second-order valence-electron chi connectivity index (χ2n) is 5.02. The van der Waals surface area contributed by atoms with E-state index in [-0.39, 0.29) is 11.8 Å². The first kappa shape index (κ1) is 14.3. The molecule has 5 nitrogen and oxygen atoms in total. The second kappa shape index (κ2) is 5.88. The predicted octanol–water partition coefficient (Wildman–Crippen LogP) is 2.02. The molecule has 2 aromatic rings. The van der Waals surface area contributed by atoms with Crippen molar-refractivity contribution in [1.82, 2.24) is 9.78 Å². The van der Waals surface area contributed by atoms with E-state index in [1.807, 2.05) is 48.9 Å². The molecule has 1 aromatic carbocycles. The van der Waals surface area contributed by atoms with E-state index >= 15 is 0 Å². The van der Waals surface area contributed by atoms with Crippen LogP contribution >= 0.6 is 0 Å². The number of nitrogens with zero attached hydrogens (tertiary/aromatic N) is 2. The highest BCUT2D eigenvalue weighted by Gasteiger charge is 2.11. The monoisotopic (exact) mass is 272 g/mol. The first-order chi connectivity index (χ1) is 9.51. The fraction of sp³-hybridized carbons (Fsp3) is 0.333. The largest absolute Gasteiger partial charge is 0.330 e. The molecule has 1 heterocycles. The van der Waals surface area contributed by atoms with Gasteiger partial charge in [-0.3, -0.25) is 4.79 Å². The molecule has 0 aliphatic heterocycles. The molecule has 0 saturated heterocycles. The van der Waals surface area contributed by atoms with Crippen LogP contribution in [0.3, 0.4) is 0 Å². The van der Waals surface area contributed by atoms with Crippen molar-refractivity contribution < 1.29 is 4.79 Å². The van der Waals surface area contributed by atoms with Crippen LogP contribution in [0, 0.1) is 19.8 Å². The molecule has 1 atom stereocenters. The van der Waals surface area contributed by atoms with Gasteiger partial charge in [0.05, 0.1) is 11.4 Å². The summed E-state index contributed by atoms with van der Waals surface area (Å²) in [6.07, 6.45) is 0. The molecule has 0 saturated carbocycles. The van der Waals surface area contributed by atoms with Crippen molar-refractivity contribution in [3.05, 3.63) is 41.7 Å². The number of nitrogens with two attached hydrogens (primary N) is 1. The van der Waals surface area contributed by atoms with E-state index in [1.165, 1.54) is 0 Å². The molecule has 0 spiro atoms. The minimum Gasteiger partial charge on any atom is -0.330 e. The van der Waals surface area contributed by atoms with Gasteiger partial charge in [-0.1, -0.05) is 13.0 Å². The van der Waals surface area contributed by atoms with Crippen molar-refractivity contribution in [1.29, 1.82) is 0 Å². The summed E-state index contributed by atoms with van der Waals surface area (Å²) in [5.74, 6) is -0.273. The van der Waals surface area contributed by atoms with Gasteiger partial charge >= 0.3 is 0 Å². The number of hydrogen-bond acceptors (Lipinski definition) is 3. The van der Waals surface area contributed by atoms with Crippen molar-refractivity contribution in [3.8, 4) is 5.69 Å². The van der Waals surface area contributed by atoms with Gasteiger partial charge in [0.15, 0.2) is 0 Å². The average molecular weight is 272 g/mol. The van der Waals surface area contributed by atoms with Gasteiger partial charge in [-0.2, -0.15) is 5.10 Å². The molecule has 20 heavy (non-hydrogen) atoms. The first-order valence-electron chi connectivity index (χ1n) is 6.66. The van der Waals surface area contributed by atoms with Crippen molar-refractivity contribution in [3.63, 3.8) is 0 Å². The summed E-state index contributed by atoms with van der Waals surface area (Å²) in [5.41, 5.74) is 9.19. The van der Waals surface area contributed by atoms with Gasteiger partial charge in [-0.05, 0) is 38.1 Å². The quantitative estimate of drug-likeness (QED) is 0.894. The molecule has 0 aliphatic rings. The van der Waals surface area contributed by atoms with Crippen LogP contribution in [0.25, 0.3) is 5.69 Å². The van der Waals surface area contributed by atoms with E-state index in [9.17, 15) is 4.79 Å². The molecule has 1 amide bonds. The van der Waals surface area contributed by atoms with Crippen molar-refractivity contribution in [2.45, 2.75) is 20.8 Å². The molecule has 0 bridgehead atoms. The smallest absolute Gasteiger partial charge is 0.228 e. The Morgan fingerprint density at radius 1 is 1.40 bits per heavy atom. The Bertz CT molecular complexity index is 618. The number of rotatable bonds is 4. The summed E-state index contributed by atoms with van der Waals surface area (Å²) in [5, 5.41) is 7.30. The van der Waals surface area contributed by atoms with Gasteiger partial charge < -0.3 is 11.1 Å². The molecule has 1 unspecified atom stereocenters. The molecular weight excluding hydrogens is 252 g/mol. The maximum atomic E-state index is 11.8. The van der Waals surface area contributed by atoms with Crippen LogP contribution in [-0.2, 0) is 4.79 Å². The van der Waals surface area contributed by atoms with E-state index in [4.69, 9.17) is 5.73 Å². The van der Waals surface area contributed by atoms with Crippen molar-refractivity contribution >= 4 is 11.6 Å². The highest BCUT2D eigenvalue weighted by atomic mass is 16.1. The van der Waals surface area contributed by atoms with Crippen LogP contribution in [0.4, 0.5) is 5.69 Å². The summed E-state index contributed by atoms with van der Waals surface area (Å²) in [4.78, 5) is 11.8. The third-order valence-electron chi connectivity index (χ3n) is 3.17. The van der Waals surface area contributed by atoms with Gasteiger partial charge in [0.25, 0.3) is 0 Å². The van der Waals surface area contributed by atoms with E-state index in [0.717, 1.165) is 22.8 Å². The Labute approximate surface area is 118 Å². The number of amides is 1. The topological polar surface area (TPSA) is 72.9 Å². The lowest BCUT2D eigenvalue weighted by atomic mass is 10.1. The van der Waals surface area contributed by atoms with Gasteiger partial charge in [-0.15, -0.1) is 0 Å². The van der Waals surface area contributed by atoms with E-state index in [2.05, 4.69) is 10.4 Å². The van der Waals surface area contributed by atoms with Crippen molar-refractivity contribution in [2.24, 2.45) is 11.7 Å². The third-order valence-corrected chi connectivity index (χ3v) is 3.17. The van der Waals surface area contributed by atoms with Gasteiger partial charge in [0, 0.05) is 23.8 Å². The standard InChI is InChI=1S/C15H20N4O/c1-10(9-16)15(20)17-13-5-4-6-14(8-13)19-12(3)7-11(2)18-19/h4-8,10H,9,16H2,1-3H3,(H,17,20). The number of hydrogen-bond donors (Lipinski definition) is 2. The number of aromatic nitrogens is 2. The summed E-state index contributed by atoms with van der Waals surface area (Å²) in [6.45, 7) is 6.10. The Hall–Kier alpha value is -2.14. The Balaban J connectivity index is 2.24. The SMILES string of the molecule is Cc1cc(C)n(-c2cccc(NC(=O)C(C)CN)c2)n1. The lowest BCUT2D eigenvalue weighted by Crippen LogP contribution is -2.26. The maximum absolute atomic E-state index is 11.8. The number of anilines is 1.